The van der Waals surface area contributed by atoms with E-state index >= 15 is 0 Å². The lowest BCUT2D eigenvalue weighted by atomic mass is 9.87. The third-order valence-electron chi connectivity index (χ3n) is 5.49. The molecular formula is C25H32O5. The van der Waals surface area contributed by atoms with Crippen molar-refractivity contribution in [3.63, 3.8) is 0 Å². The predicted molar refractivity (Wildman–Crippen MR) is 119 cm³/mol. The van der Waals surface area contributed by atoms with Crippen molar-refractivity contribution in [2.75, 3.05) is 0 Å². The van der Waals surface area contributed by atoms with Crippen molar-refractivity contribution in [2.24, 2.45) is 0 Å². The van der Waals surface area contributed by atoms with Gasteiger partial charge in [-0.25, -0.2) is 4.79 Å². The van der Waals surface area contributed by atoms with E-state index in [0.29, 0.717) is 5.75 Å². The molecule has 5 heteroatoms. The summed E-state index contributed by atoms with van der Waals surface area (Å²) < 4.78 is 23.3. The Hall–Kier alpha value is -2.53. The van der Waals surface area contributed by atoms with Crippen LogP contribution in [-0.2, 0) is 14.2 Å². The molecule has 1 fully saturated rings. The fraction of sp³-hybridized carbons (Fsp3) is 0.480. The lowest BCUT2D eigenvalue weighted by Gasteiger charge is -2.48. The Morgan fingerprint density at radius 3 is 2.27 bits per heavy atom. The van der Waals surface area contributed by atoms with E-state index in [4.69, 9.17) is 18.9 Å². The van der Waals surface area contributed by atoms with Gasteiger partial charge >= 0.3 is 6.16 Å². The standard InChI is InChI=1S/C25H32O5/c1-16-21(29-25(7,8)24(5,6)28-16)15-17-13-14-20(19-12-10-9-11-18(17)19)27-22(26)30-23(2,3)4/h9-16H,1-8H3/b21-15-. The van der Waals surface area contributed by atoms with Crippen LogP contribution in [0.25, 0.3) is 16.8 Å². The molecule has 0 N–H and O–H groups in total. The van der Waals surface area contributed by atoms with Gasteiger partial charge in [-0.05, 0) is 78.5 Å². The van der Waals surface area contributed by atoms with Crippen molar-refractivity contribution in [3.8, 4) is 5.75 Å². The molecule has 0 amide bonds. The van der Waals surface area contributed by atoms with Gasteiger partial charge in [0.2, 0.25) is 0 Å². The number of carbonyl (C=O) groups excluding carboxylic acids is 1. The Morgan fingerprint density at radius 2 is 1.63 bits per heavy atom. The Balaban J connectivity index is 1.97. The molecule has 0 aliphatic carbocycles. The van der Waals surface area contributed by atoms with Crippen molar-refractivity contribution in [2.45, 2.75) is 78.3 Å². The second-order valence-electron chi connectivity index (χ2n) is 9.69. The number of rotatable bonds is 2. The lowest BCUT2D eigenvalue weighted by Crippen LogP contribution is -2.55. The third-order valence-corrected chi connectivity index (χ3v) is 5.49. The summed E-state index contributed by atoms with van der Waals surface area (Å²) in [5.74, 6) is 1.22. The molecule has 0 aromatic heterocycles. The van der Waals surface area contributed by atoms with Crippen LogP contribution in [0.4, 0.5) is 4.79 Å². The highest BCUT2D eigenvalue weighted by Crippen LogP contribution is 2.40. The first-order valence-corrected chi connectivity index (χ1v) is 10.3. The van der Waals surface area contributed by atoms with Gasteiger partial charge in [-0.15, -0.1) is 0 Å². The number of ether oxygens (including phenoxy) is 4. The Kier molecular flexibility index (Phi) is 5.63. The van der Waals surface area contributed by atoms with Crippen molar-refractivity contribution in [3.05, 3.63) is 47.7 Å². The summed E-state index contributed by atoms with van der Waals surface area (Å²) in [7, 11) is 0. The average Bonchev–Trinajstić information content (AvgIpc) is 2.59. The first-order chi connectivity index (χ1) is 13.8. The normalized spacial score (nSPS) is 21.9. The first-order valence-electron chi connectivity index (χ1n) is 10.3. The zero-order valence-electron chi connectivity index (χ0n) is 19.2. The fourth-order valence-electron chi connectivity index (χ4n) is 3.31. The minimum atomic E-state index is -0.722. The highest BCUT2D eigenvalue weighted by Gasteiger charge is 2.46. The number of hydrogen-bond acceptors (Lipinski definition) is 5. The number of carbonyl (C=O) groups is 1. The number of fused-ring (bicyclic) bond motifs is 1. The summed E-state index contributed by atoms with van der Waals surface area (Å²) in [5.41, 5.74) is -0.535. The van der Waals surface area contributed by atoms with Crippen molar-refractivity contribution < 1.29 is 23.7 Å². The summed E-state index contributed by atoms with van der Waals surface area (Å²) in [6.45, 7) is 15.5. The molecule has 0 saturated carbocycles. The molecule has 1 aliphatic heterocycles. The molecule has 2 aromatic carbocycles. The van der Waals surface area contributed by atoms with E-state index in [1.807, 2.05) is 71.0 Å². The van der Waals surface area contributed by atoms with E-state index in [0.717, 1.165) is 22.1 Å². The first kappa shape index (κ1) is 22.2. The zero-order valence-corrected chi connectivity index (χ0v) is 19.2. The van der Waals surface area contributed by atoms with Crippen LogP contribution in [-0.4, -0.2) is 29.1 Å². The second-order valence-corrected chi connectivity index (χ2v) is 9.69. The molecule has 2 aromatic rings. The molecular weight excluding hydrogens is 380 g/mol. The van der Waals surface area contributed by atoms with Crippen LogP contribution in [0.15, 0.2) is 42.2 Å². The van der Waals surface area contributed by atoms with Crippen LogP contribution in [0.1, 0.15) is 61.0 Å². The van der Waals surface area contributed by atoms with Crippen LogP contribution in [0.3, 0.4) is 0 Å². The molecule has 1 atom stereocenters. The molecule has 1 aliphatic rings. The Bertz CT molecular complexity index is 979. The van der Waals surface area contributed by atoms with Gasteiger partial charge in [0, 0.05) is 5.39 Å². The fourth-order valence-corrected chi connectivity index (χ4v) is 3.31. The van der Waals surface area contributed by atoms with Gasteiger partial charge in [0.05, 0.1) is 0 Å². The lowest BCUT2D eigenvalue weighted by molar-refractivity contribution is -0.225. The number of benzene rings is 2. The minimum absolute atomic E-state index is 0.176. The van der Waals surface area contributed by atoms with Crippen molar-refractivity contribution >= 4 is 23.0 Å². The van der Waals surface area contributed by atoms with Gasteiger partial charge in [0.1, 0.15) is 34.4 Å². The molecule has 3 rings (SSSR count). The molecule has 0 radical (unpaired) electrons. The maximum Gasteiger partial charge on any atom is 0.514 e. The maximum absolute atomic E-state index is 12.2. The Labute approximate surface area is 179 Å². The summed E-state index contributed by atoms with van der Waals surface area (Å²) >= 11 is 0. The van der Waals surface area contributed by atoms with Crippen LogP contribution in [0, 0.1) is 0 Å². The van der Waals surface area contributed by atoms with E-state index in [1.165, 1.54) is 0 Å². The quantitative estimate of drug-likeness (QED) is 0.417. The second kappa shape index (κ2) is 7.62. The summed E-state index contributed by atoms with van der Waals surface area (Å²) in [5, 5.41) is 1.77. The molecule has 1 saturated heterocycles. The van der Waals surface area contributed by atoms with Crippen molar-refractivity contribution in [1.82, 2.24) is 0 Å². The van der Waals surface area contributed by atoms with Gasteiger partial charge < -0.3 is 18.9 Å². The van der Waals surface area contributed by atoms with E-state index in [9.17, 15) is 4.79 Å². The highest BCUT2D eigenvalue weighted by molar-refractivity contribution is 5.96. The van der Waals surface area contributed by atoms with E-state index < -0.39 is 23.0 Å². The number of hydrogen-bond donors (Lipinski definition) is 0. The topological polar surface area (TPSA) is 54.0 Å². The molecule has 30 heavy (non-hydrogen) atoms. The Morgan fingerprint density at radius 1 is 1.00 bits per heavy atom. The SMILES string of the molecule is CC1OC(C)(C)C(C)(C)O/C1=C\c1ccc(OC(=O)OC(C)(C)C)c2ccccc12. The van der Waals surface area contributed by atoms with Crippen LogP contribution >= 0.6 is 0 Å². The molecule has 1 heterocycles. The largest absolute Gasteiger partial charge is 0.514 e. The highest BCUT2D eigenvalue weighted by atomic mass is 16.7. The minimum Gasteiger partial charge on any atom is -0.486 e. The zero-order chi connectivity index (χ0) is 22.3. The monoisotopic (exact) mass is 412 g/mol. The van der Waals surface area contributed by atoms with E-state index in [-0.39, 0.29) is 6.10 Å². The van der Waals surface area contributed by atoms with Gasteiger partial charge in [-0.2, -0.15) is 0 Å². The van der Waals surface area contributed by atoms with Crippen LogP contribution < -0.4 is 4.74 Å². The summed E-state index contributed by atoms with van der Waals surface area (Å²) in [6, 6.07) is 11.5. The van der Waals surface area contributed by atoms with E-state index in [2.05, 4.69) is 0 Å². The molecule has 5 nitrogen and oxygen atoms in total. The van der Waals surface area contributed by atoms with Crippen LogP contribution in [0.5, 0.6) is 5.75 Å². The molecule has 162 valence electrons. The summed E-state index contributed by atoms with van der Waals surface area (Å²) in [6.07, 6.45) is 1.10. The maximum atomic E-state index is 12.2. The summed E-state index contributed by atoms with van der Waals surface area (Å²) in [4.78, 5) is 12.2. The average molecular weight is 413 g/mol. The van der Waals surface area contributed by atoms with Gasteiger partial charge in [0.25, 0.3) is 0 Å². The molecule has 0 spiro atoms. The van der Waals surface area contributed by atoms with Crippen molar-refractivity contribution in [1.29, 1.82) is 0 Å². The third kappa shape index (κ3) is 4.62. The van der Waals surface area contributed by atoms with Gasteiger partial charge in [-0.3, -0.25) is 0 Å². The van der Waals surface area contributed by atoms with Crippen LogP contribution in [0.2, 0.25) is 0 Å². The van der Waals surface area contributed by atoms with E-state index in [1.54, 1.807) is 26.8 Å². The smallest absolute Gasteiger partial charge is 0.486 e. The molecule has 0 bridgehead atoms. The predicted octanol–water partition coefficient (Wildman–Crippen LogP) is 6.49. The molecule has 1 unspecified atom stereocenters. The van der Waals surface area contributed by atoms with Gasteiger partial charge in [0.15, 0.2) is 0 Å². The van der Waals surface area contributed by atoms with Gasteiger partial charge in [-0.1, -0.05) is 30.3 Å².